The van der Waals surface area contributed by atoms with Gasteiger partial charge in [-0.2, -0.15) is 0 Å². The fourth-order valence-corrected chi connectivity index (χ4v) is 5.60. The fourth-order valence-electron chi connectivity index (χ4n) is 4.80. The highest BCUT2D eigenvalue weighted by molar-refractivity contribution is 7.10. The van der Waals surface area contributed by atoms with E-state index in [1.807, 2.05) is 6.07 Å². The summed E-state index contributed by atoms with van der Waals surface area (Å²) in [5.41, 5.74) is 2.42. The molecule has 28 heavy (non-hydrogen) atoms. The van der Waals surface area contributed by atoms with Crippen LogP contribution in [0.1, 0.15) is 73.9 Å². The number of hydrogen-bond donors (Lipinski definition) is 1. The van der Waals surface area contributed by atoms with Gasteiger partial charge in [0.2, 0.25) is 5.91 Å². The van der Waals surface area contributed by atoms with Crippen LogP contribution in [-0.4, -0.2) is 11.7 Å². The largest absolute Gasteiger partial charge is 0.344 e. The highest BCUT2D eigenvalue weighted by Crippen LogP contribution is 2.40. The molecule has 4 rings (SSSR count). The Morgan fingerprint density at radius 3 is 2.25 bits per heavy atom. The maximum absolute atomic E-state index is 13.2. The minimum absolute atomic E-state index is 0.0367. The zero-order valence-electron chi connectivity index (χ0n) is 16.7. The molecular formula is C24H29NO2S. The molecule has 2 aliphatic rings. The van der Waals surface area contributed by atoms with Gasteiger partial charge in [0.25, 0.3) is 0 Å². The topological polar surface area (TPSA) is 46.2 Å². The maximum atomic E-state index is 13.2. The van der Waals surface area contributed by atoms with Crippen LogP contribution in [-0.2, 0) is 9.59 Å². The van der Waals surface area contributed by atoms with Crippen LogP contribution in [0.15, 0.2) is 41.8 Å². The SMILES string of the molecule is CC(C)c1ccc(C(NC(=O)C2CC3CCCC(C2)C3=O)c2cccs2)cc1. The summed E-state index contributed by atoms with van der Waals surface area (Å²) in [4.78, 5) is 26.7. The van der Waals surface area contributed by atoms with Gasteiger partial charge in [-0.25, -0.2) is 0 Å². The Hall–Kier alpha value is -1.94. The summed E-state index contributed by atoms with van der Waals surface area (Å²) in [5, 5.41) is 5.37. The minimum atomic E-state index is -0.119. The third-order valence-electron chi connectivity index (χ3n) is 6.47. The van der Waals surface area contributed by atoms with Gasteiger partial charge in [-0.3, -0.25) is 9.59 Å². The molecule has 2 aromatic rings. The molecule has 1 aromatic carbocycles. The standard InChI is InChI=1S/C24H29NO2S/c1-15(2)16-8-10-17(11-9-16)22(21-7-4-12-28-21)25-24(27)20-13-18-5-3-6-19(14-20)23(18)26/h4,7-12,15,18-20,22H,3,5-6,13-14H2,1-2H3,(H,25,27). The molecule has 4 heteroatoms. The van der Waals surface area contributed by atoms with Crippen molar-refractivity contribution >= 4 is 23.0 Å². The second-order valence-corrected chi connectivity index (χ2v) is 9.65. The third-order valence-corrected chi connectivity index (χ3v) is 7.41. The number of carbonyl (C=O) groups excluding carboxylic acids is 2. The highest BCUT2D eigenvalue weighted by Gasteiger charge is 2.41. The number of hydrogen-bond acceptors (Lipinski definition) is 3. The molecule has 0 saturated heterocycles. The van der Waals surface area contributed by atoms with Crippen LogP contribution in [0.2, 0.25) is 0 Å². The molecule has 1 heterocycles. The Bertz CT molecular complexity index is 809. The van der Waals surface area contributed by atoms with Crippen molar-refractivity contribution < 1.29 is 9.59 Å². The van der Waals surface area contributed by atoms with Crippen LogP contribution < -0.4 is 5.32 Å². The molecule has 2 aliphatic carbocycles. The van der Waals surface area contributed by atoms with E-state index < -0.39 is 0 Å². The van der Waals surface area contributed by atoms with Gasteiger partial charge < -0.3 is 5.32 Å². The van der Waals surface area contributed by atoms with Gasteiger partial charge in [0.15, 0.2) is 0 Å². The summed E-state index contributed by atoms with van der Waals surface area (Å²) >= 11 is 1.67. The number of ketones is 1. The average Bonchev–Trinajstić information content (AvgIpc) is 3.20. The lowest BCUT2D eigenvalue weighted by molar-refractivity contribution is -0.137. The van der Waals surface area contributed by atoms with E-state index in [4.69, 9.17) is 0 Å². The van der Waals surface area contributed by atoms with Crippen molar-refractivity contribution in [3.8, 4) is 0 Å². The van der Waals surface area contributed by atoms with Crippen molar-refractivity contribution in [3.05, 3.63) is 57.8 Å². The molecule has 0 aliphatic heterocycles. The quantitative estimate of drug-likeness (QED) is 0.729. The van der Waals surface area contributed by atoms with Crippen molar-refractivity contribution in [2.75, 3.05) is 0 Å². The first-order valence-corrected chi connectivity index (χ1v) is 11.4. The smallest absolute Gasteiger partial charge is 0.223 e. The zero-order valence-corrected chi connectivity index (χ0v) is 17.5. The normalized spacial score (nSPS) is 25.5. The van der Waals surface area contributed by atoms with Crippen LogP contribution in [0, 0.1) is 17.8 Å². The first kappa shape index (κ1) is 19.4. The molecule has 1 N–H and O–H groups in total. The summed E-state index contributed by atoms with van der Waals surface area (Å²) in [6, 6.07) is 12.6. The van der Waals surface area contributed by atoms with Crippen LogP contribution in [0.3, 0.4) is 0 Å². The molecule has 0 radical (unpaired) electrons. The van der Waals surface area contributed by atoms with Crippen molar-refractivity contribution in [1.29, 1.82) is 0 Å². The molecule has 1 amide bonds. The lowest BCUT2D eigenvalue weighted by Crippen LogP contribution is -2.43. The second kappa shape index (κ2) is 8.20. The van der Waals surface area contributed by atoms with E-state index in [0.29, 0.717) is 11.7 Å². The van der Waals surface area contributed by atoms with Crippen LogP contribution in [0.5, 0.6) is 0 Å². The molecule has 2 fully saturated rings. The van der Waals surface area contributed by atoms with Gasteiger partial charge in [-0.15, -0.1) is 11.3 Å². The van der Waals surface area contributed by atoms with E-state index >= 15 is 0 Å². The zero-order chi connectivity index (χ0) is 19.7. The molecule has 0 spiro atoms. The van der Waals surface area contributed by atoms with Gasteiger partial charge in [-0.05, 0) is 54.2 Å². The Labute approximate surface area is 171 Å². The predicted octanol–water partition coefficient (Wildman–Crippen LogP) is 5.47. The van der Waals surface area contributed by atoms with E-state index in [2.05, 4.69) is 54.9 Å². The van der Waals surface area contributed by atoms with Gasteiger partial charge in [0.1, 0.15) is 5.78 Å². The summed E-state index contributed by atoms with van der Waals surface area (Å²) in [5.74, 6) is 1.18. The van der Waals surface area contributed by atoms with Crippen molar-refractivity contribution in [2.24, 2.45) is 17.8 Å². The van der Waals surface area contributed by atoms with Crippen LogP contribution in [0.4, 0.5) is 0 Å². The summed E-state index contributed by atoms with van der Waals surface area (Å²) in [7, 11) is 0. The van der Waals surface area contributed by atoms with E-state index in [9.17, 15) is 9.59 Å². The molecule has 148 valence electrons. The average molecular weight is 396 g/mol. The van der Waals surface area contributed by atoms with Gasteiger partial charge in [-0.1, -0.05) is 50.6 Å². The number of benzene rings is 1. The van der Waals surface area contributed by atoms with Crippen molar-refractivity contribution in [2.45, 2.75) is 57.9 Å². The Kier molecular flexibility index (Phi) is 5.68. The first-order valence-electron chi connectivity index (χ1n) is 10.5. The Morgan fingerprint density at radius 1 is 1.04 bits per heavy atom. The predicted molar refractivity (Wildman–Crippen MR) is 113 cm³/mol. The highest BCUT2D eigenvalue weighted by atomic mass is 32.1. The summed E-state index contributed by atoms with van der Waals surface area (Å²) < 4.78 is 0. The summed E-state index contributed by atoms with van der Waals surface area (Å²) in [6.07, 6.45) is 4.51. The van der Waals surface area contributed by atoms with Crippen LogP contribution in [0.25, 0.3) is 0 Å². The maximum Gasteiger partial charge on any atom is 0.223 e. The Balaban J connectivity index is 1.53. The molecule has 1 aromatic heterocycles. The third kappa shape index (κ3) is 3.93. The molecule has 3 atom stereocenters. The van der Waals surface area contributed by atoms with Crippen LogP contribution >= 0.6 is 11.3 Å². The summed E-state index contributed by atoms with van der Waals surface area (Å²) in [6.45, 7) is 4.38. The number of Topliss-reactive ketones (excluding diaryl/α,β-unsaturated/α-hetero) is 1. The molecule has 2 bridgehead atoms. The van der Waals surface area contributed by atoms with Gasteiger partial charge in [0.05, 0.1) is 6.04 Å². The molecule has 2 saturated carbocycles. The molecule has 3 unspecified atom stereocenters. The van der Waals surface area contributed by atoms with Crippen molar-refractivity contribution in [3.63, 3.8) is 0 Å². The number of fused-ring (bicyclic) bond motifs is 2. The van der Waals surface area contributed by atoms with Crippen molar-refractivity contribution in [1.82, 2.24) is 5.32 Å². The number of carbonyl (C=O) groups is 2. The van der Waals surface area contributed by atoms with E-state index in [1.54, 1.807) is 11.3 Å². The number of amides is 1. The monoisotopic (exact) mass is 395 g/mol. The Morgan fingerprint density at radius 2 is 1.68 bits per heavy atom. The minimum Gasteiger partial charge on any atom is -0.344 e. The number of nitrogens with one attached hydrogen (secondary N) is 1. The van der Waals surface area contributed by atoms with E-state index in [1.165, 1.54) is 5.56 Å². The number of rotatable bonds is 5. The lowest BCUT2D eigenvalue weighted by Gasteiger charge is -2.37. The molecular weight excluding hydrogens is 366 g/mol. The lowest BCUT2D eigenvalue weighted by atomic mass is 9.67. The number of thiophene rings is 1. The van der Waals surface area contributed by atoms with E-state index in [0.717, 1.165) is 42.5 Å². The van der Waals surface area contributed by atoms with E-state index in [-0.39, 0.29) is 29.7 Å². The van der Waals surface area contributed by atoms with Gasteiger partial charge >= 0.3 is 0 Å². The fraction of sp³-hybridized carbons (Fsp3) is 0.500. The van der Waals surface area contributed by atoms with Gasteiger partial charge in [0, 0.05) is 22.6 Å². The second-order valence-electron chi connectivity index (χ2n) is 8.67. The first-order chi connectivity index (χ1) is 13.5. The molecule has 3 nitrogen and oxygen atoms in total.